The lowest BCUT2D eigenvalue weighted by molar-refractivity contribution is 0.293. The minimum Gasteiger partial charge on any atom is -0.313 e. The van der Waals surface area contributed by atoms with Crippen molar-refractivity contribution >= 4 is 0 Å². The van der Waals surface area contributed by atoms with Crippen LogP contribution in [-0.2, 0) is 0 Å². The maximum atomic E-state index is 13.8. The standard InChI is InChI=1S/C16H24F2N2/c1-11-9-12(11)10-20(3)8-7-15(19-2)13-5-4-6-14(17)16(13)18/h4-6,11-12,15,19H,7-10H2,1-3H3. The second-order valence-electron chi connectivity index (χ2n) is 6.01. The van der Waals surface area contributed by atoms with E-state index in [1.807, 2.05) is 0 Å². The maximum absolute atomic E-state index is 13.8. The average molecular weight is 282 g/mol. The molecule has 1 N–H and O–H groups in total. The van der Waals surface area contributed by atoms with Gasteiger partial charge in [0, 0.05) is 18.2 Å². The van der Waals surface area contributed by atoms with Crippen LogP contribution in [-0.4, -0.2) is 32.1 Å². The minimum absolute atomic E-state index is 0.148. The Hall–Kier alpha value is -1.00. The molecule has 2 rings (SSSR count). The fourth-order valence-electron chi connectivity index (χ4n) is 2.74. The lowest BCUT2D eigenvalue weighted by Gasteiger charge is -2.22. The number of halogens is 2. The van der Waals surface area contributed by atoms with Crippen molar-refractivity contribution in [1.29, 1.82) is 0 Å². The van der Waals surface area contributed by atoms with Crippen LogP contribution in [0.2, 0.25) is 0 Å². The van der Waals surface area contributed by atoms with Gasteiger partial charge < -0.3 is 10.2 Å². The van der Waals surface area contributed by atoms with Gasteiger partial charge in [0.05, 0.1) is 0 Å². The molecule has 1 fully saturated rings. The predicted molar refractivity (Wildman–Crippen MR) is 77.5 cm³/mol. The molecular formula is C16H24F2N2. The van der Waals surface area contributed by atoms with E-state index in [1.54, 1.807) is 19.2 Å². The zero-order valence-electron chi connectivity index (χ0n) is 12.5. The normalized spacial score (nSPS) is 23.1. The second kappa shape index (κ2) is 6.64. The summed E-state index contributed by atoms with van der Waals surface area (Å²) in [7, 11) is 3.89. The largest absolute Gasteiger partial charge is 0.313 e. The van der Waals surface area contributed by atoms with Crippen LogP contribution >= 0.6 is 0 Å². The summed E-state index contributed by atoms with van der Waals surface area (Å²) in [6.07, 6.45) is 2.09. The average Bonchev–Trinajstić information content (AvgIpc) is 3.10. The number of hydrogen-bond acceptors (Lipinski definition) is 2. The lowest BCUT2D eigenvalue weighted by atomic mass is 10.0. The first-order chi connectivity index (χ1) is 9.52. The lowest BCUT2D eigenvalue weighted by Crippen LogP contribution is -2.27. The van der Waals surface area contributed by atoms with E-state index in [-0.39, 0.29) is 6.04 Å². The fraction of sp³-hybridized carbons (Fsp3) is 0.625. The molecule has 0 spiro atoms. The molecule has 0 aliphatic heterocycles. The third-order valence-corrected chi connectivity index (χ3v) is 4.33. The van der Waals surface area contributed by atoms with Crippen molar-refractivity contribution in [1.82, 2.24) is 10.2 Å². The predicted octanol–water partition coefficient (Wildman–Crippen LogP) is 3.20. The van der Waals surface area contributed by atoms with Gasteiger partial charge in [0.1, 0.15) is 0 Å². The third-order valence-electron chi connectivity index (χ3n) is 4.33. The van der Waals surface area contributed by atoms with E-state index in [0.717, 1.165) is 37.4 Å². The highest BCUT2D eigenvalue weighted by Crippen LogP contribution is 2.38. The van der Waals surface area contributed by atoms with Crippen molar-refractivity contribution < 1.29 is 8.78 Å². The molecule has 1 saturated carbocycles. The van der Waals surface area contributed by atoms with E-state index in [2.05, 4.69) is 24.2 Å². The van der Waals surface area contributed by atoms with Crippen LogP contribution in [0.4, 0.5) is 8.78 Å². The van der Waals surface area contributed by atoms with Crippen molar-refractivity contribution in [2.24, 2.45) is 11.8 Å². The van der Waals surface area contributed by atoms with E-state index in [9.17, 15) is 8.78 Å². The molecule has 0 heterocycles. The van der Waals surface area contributed by atoms with E-state index < -0.39 is 11.6 Å². The Morgan fingerprint density at radius 2 is 2.10 bits per heavy atom. The van der Waals surface area contributed by atoms with Crippen molar-refractivity contribution in [3.05, 3.63) is 35.4 Å². The van der Waals surface area contributed by atoms with Crippen LogP contribution < -0.4 is 5.32 Å². The summed E-state index contributed by atoms with van der Waals surface area (Å²) in [6, 6.07) is 4.23. The van der Waals surface area contributed by atoms with Gasteiger partial charge in [0.15, 0.2) is 11.6 Å². The smallest absolute Gasteiger partial charge is 0.163 e. The number of nitrogens with one attached hydrogen (secondary N) is 1. The summed E-state index contributed by atoms with van der Waals surface area (Å²) in [5.41, 5.74) is 0.417. The van der Waals surface area contributed by atoms with Gasteiger partial charge in [0.2, 0.25) is 0 Å². The van der Waals surface area contributed by atoms with Gasteiger partial charge in [-0.05, 0) is 51.4 Å². The van der Waals surface area contributed by atoms with Gasteiger partial charge in [-0.15, -0.1) is 0 Å². The van der Waals surface area contributed by atoms with Gasteiger partial charge in [-0.1, -0.05) is 19.1 Å². The zero-order valence-corrected chi connectivity index (χ0v) is 12.5. The van der Waals surface area contributed by atoms with Crippen molar-refractivity contribution in [2.45, 2.75) is 25.8 Å². The molecule has 112 valence electrons. The van der Waals surface area contributed by atoms with Gasteiger partial charge in [-0.25, -0.2) is 8.78 Å². The van der Waals surface area contributed by atoms with Crippen LogP contribution in [0.5, 0.6) is 0 Å². The molecule has 0 saturated heterocycles. The molecular weight excluding hydrogens is 258 g/mol. The first-order valence-electron chi connectivity index (χ1n) is 7.32. The van der Waals surface area contributed by atoms with Crippen molar-refractivity contribution in [3.63, 3.8) is 0 Å². The highest BCUT2D eigenvalue weighted by Gasteiger charge is 2.33. The Balaban J connectivity index is 1.90. The molecule has 2 nitrogen and oxygen atoms in total. The number of rotatable bonds is 7. The zero-order chi connectivity index (χ0) is 14.7. The monoisotopic (exact) mass is 282 g/mol. The number of nitrogens with zero attached hydrogens (tertiary/aromatic N) is 1. The summed E-state index contributed by atoms with van der Waals surface area (Å²) in [6.45, 7) is 4.25. The molecule has 1 aromatic rings. The van der Waals surface area contributed by atoms with Gasteiger partial charge in [-0.2, -0.15) is 0 Å². The van der Waals surface area contributed by atoms with Crippen molar-refractivity contribution in [2.75, 3.05) is 27.2 Å². The maximum Gasteiger partial charge on any atom is 0.163 e. The van der Waals surface area contributed by atoms with Crippen LogP contribution in [0.25, 0.3) is 0 Å². The first kappa shape index (κ1) is 15.4. The molecule has 20 heavy (non-hydrogen) atoms. The van der Waals surface area contributed by atoms with Crippen LogP contribution in [0.1, 0.15) is 31.4 Å². The Bertz CT molecular complexity index is 450. The third kappa shape index (κ3) is 3.76. The van der Waals surface area contributed by atoms with Crippen LogP contribution in [0.3, 0.4) is 0 Å². The topological polar surface area (TPSA) is 15.3 Å². The van der Waals surface area contributed by atoms with Crippen molar-refractivity contribution in [3.8, 4) is 0 Å². The first-order valence-corrected chi connectivity index (χ1v) is 7.32. The van der Waals surface area contributed by atoms with Gasteiger partial charge in [0.25, 0.3) is 0 Å². The summed E-state index contributed by atoms with van der Waals surface area (Å²) >= 11 is 0. The molecule has 1 aliphatic rings. The van der Waals surface area contributed by atoms with E-state index >= 15 is 0 Å². The molecule has 3 atom stereocenters. The van der Waals surface area contributed by atoms with Gasteiger partial charge >= 0.3 is 0 Å². The number of benzene rings is 1. The Morgan fingerprint density at radius 1 is 1.40 bits per heavy atom. The molecule has 1 aromatic carbocycles. The summed E-state index contributed by atoms with van der Waals surface area (Å²) in [4.78, 5) is 2.29. The quantitative estimate of drug-likeness (QED) is 0.826. The Kier molecular flexibility index (Phi) is 5.11. The highest BCUT2D eigenvalue weighted by atomic mass is 19.2. The number of hydrogen-bond donors (Lipinski definition) is 1. The molecule has 0 bridgehead atoms. The Morgan fingerprint density at radius 3 is 2.70 bits per heavy atom. The Labute approximate surface area is 120 Å². The molecule has 1 aliphatic carbocycles. The molecule has 0 amide bonds. The van der Waals surface area contributed by atoms with E-state index in [1.165, 1.54) is 6.42 Å². The van der Waals surface area contributed by atoms with Gasteiger partial charge in [-0.3, -0.25) is 0 Å². The molecule has 3 unspecified atom stereocenters. The second-order valence-corrected chi connectivity index (χ2v) is 6.01. The highest BCUT2D eigenvalue weighted by molar-refractivity contribution is 5.22. The summed E-state index contributed by atoms with van der Waals surface area (Å²) < 4.78 is 27.1. The molecule has 0 radical (unpaired) electrons. The summed E-state index contributed by atoms with van der Waals surface area (Å²) in [5, 5.41) is 3.09. The van der Waals surface area contributed by atoms with Crippen LogP contribution in [0.15, 0.2) is 18.2 Å². The molecule has 4 heteroatoms. The van der Waals surface area contributed by atoms with E-state index in [0.29, 0.717) is 5.56 Å². The van der Waals surface area contributed by atoms with E-state index in [4.69, 9.17) is 0 Å². The minimum atomic E-state index is -0.775. The molecule has 0 aromatic heterocycles. The SMILES string of the molecule is CNC(CCN(C)CC1CC1C)c1cccc(F)c1F. The fourth-order valence-corrected chi connectivity index (χ4v) is 2.74. The summed E-state index contributed by atoms with van der Waals surface area (Å²) in [5.74, 6) is 0.158. The van der Waals surface area contributed by atoms with Crippen LogP contribution in [0, 0.1) is 23.5 Å².